The minimum Gasteiger partial charge on any atom is -0.334 e. The van der Waals surface area contributed by atoms with Crippen LogP contribution in [0.2, 0.25) is 0 Å². The maximum atomic E-state index is 11.9. The molecule has 1 heterocycles. The number of hydrogen-bond acceptors (Lipinski definition) is 3. The molecule has 1 aromatic carbocycles. The zero-order valence-corrected chi connectivity index (χ0v) is 12.0. The van der Waals surface area contributed by atoms with Gasteiger partial charge in [-0.3, -0.25) is 4.79 Å². The maximum Gasteiger partial charge on any atom is 0.226 e. The second kappa shape index (κ2) is 7.25. The average molecular weight is 282 g/mol. The van der Waals surface area contributed by atoms with Crippen molar-refractivity contribution in [1.29, 1.82) is 5.26 Å². The standard InChI is InChI=1S/C16H18N4O/c1-2-4-15-18-8-10-20(15)9-7-16(21)19-14-6-3-5-13(11-14)12-17/h3,5-6,8,10-11H,2,4,7,9H2,1H3,(H,19,21). The molecule has 1 amide bonds. The van der Waals surface area contributed by atoms with Crippen LogP contribution in [0.25, 0.3) is 0 Å². The lowest BCUT2D eigenvalue weighted by molar-refractivity contribution is -0.116. The summed E-state index contributed by atoms with van der Waals surface area (Å²) in [5, 5.41) is 11.6. The van der Waals surface area contributed by atoms with Crippen LogP contribution in [0.15, 0.2) is 36.7 Å². The van der Waals surface area contributed by atoms with Crippen LogP contribution >= 0.6 is 0 Å². The summed E-state index contributed by atoms with van der Waals surface area (Å²) < 4.78 is 2.01. The van der Waals surface area contributed by atoms with Gasteiger partial charge in [0.2, 0.25) is 5.91 Å². The van der Waals surface area contributed by atoms with Crippen LogP contribution in [-0.4, -0.2) is 15.5 Å². The highest BCUT2D eigenvalue weighted by atomic mass is 16.1. The Kier molecular flexibility index (Phi) is 5.10. The Morgan fingerprint density at radius 1 is 1.48 bits per heavy atom. The van der Waals surface area contributed by atoms with Gasteiger partial charge in [0.15, 0.2) is 0 Å². The van der Waals surface area contributed by atoms with Crippen molar-refractivity contribution in [2.45, 2.75) is 32.7 Å². The van der Waals surface area contributed by atoms with E-state index in [1.807, 2.05) is 10.8 Å². The van der Waals surface area contributed by atoms with Crippen LogP contribution in [0.3, 0.4) is 0 Å². The topological polar surface area (TPSA) is 70.7 Å². The second-order valence-electron chi connectivity index (χ2n) is 4.78. The molecule has 0 spiro atoms. The van der Waals surface area contributed by atoms with Crippen LogP contribution in [0, 0.1) is 11.3 Å². The lowest BCUT2D eigenvalue weighted by atomic mass is 10.2. The molecule has 0 atom stereocenters. The van der Waals surface area contributed by atoms with E-state index in [1.165, 1.54) is 0 Å². The van der Waals surface area contributed by atoms with Gasteiger partial charge in [-0.2, -0.15) is 5.26 Å². The van der Waals surface area contributed by atoms with Gasteiger partial charge < -0.3 is 9.88 Å². The van der Waals surface area contributed by atoms with Crippen molar-refractivity contribution in [3.05, 3.63) is 48.0 Å². The van der Waals surface area contributed by atoms with Crippen LogP contribution in [0.1, 0.15) is 31.2 Å². The molecule has 2 rings (SSSR count). The summed E-state index contributed by atoms with van der Waals surface area (Å²) in [6.45, 7) is 2.72. The zero-order valence-electron chi connectivity index (χ0n) is 12.0. The molecule has 21 heavy (non-hydrogen) atoms. The molecule has 5 heteroatoms. The first-order valence-corrected chi connectivity index (χ1v) is 7.03. The maximum absolute atomic E-state index is 11.9. The number of carbonyl (C=O) groups is 1. The van der Waals surface area contributed by atoms with Crippen molar-refractivity contribution in [2.75, 3.05) is 5.32 Å². The zero-order chi connectivity index (χ0) is 15.1. The predicted octanol–water partition coefficient (Wildman–Crippen LogP) is 2.74. The van der Waals surface area contributed by atoms with Crippen molar-refractivity contribution in [2.24, 2.45) is 0 Å². The largest absolute Gasteiger partial charge is 0.334 e. The molecule has 0 saturated heterocycles. The van der Waals surface area contributed by atoms with Crippen molar-refractivity contribution < 1.29 is 4.79 Å². The van der Waals surface area contributed by atoms with E-state index in [2.05, 4.69) is 23.3 Å². The Hall–Kier alpha value is -2.61. The van der Waals surface area contributed by atoms with Gasteiger partial charge >= 0.3 is 0 Å². The van der Waals surface area contributed by atoms with E-state index in [1.54, 1.807) is 30.5 Å². The van der Waals surface area contributed by atoms with Crippen molar-refractivity contribution >= 4 is 11.6 Å². The van der Waals surface area contributed by atoms with Gasteiger partial charge in [0, 0.05) is 37.5 Å². The molecular weight excluding hydrogens is 264 g/mol. The van der Waals surface area contributed by atoms with E-state index >= 15 is 0 Å². The molecule has 0 unspecified atom stereocenters. The summed E-state index contributed by atoms with van der Waals surface area (Å²) in [5.41, 5.74) is 1.19. The summed E-state index contributed by atoms with van der Waals surface area (Å²) in [5.74, 6) is 0.943. The van der Waals surface area contributed by atoms with Crippen molar-refractivity contribution in [3.8, 4) is 6.07 Å². The first-order valence-electron chi connectivity index (χ1n) is 7.03. The highest BCUT2D eigenvalue weighted by molar-refractivity contribution is 5.90. The second-order valence-corrected chi connectivity index (χ2v) is 4.78. The molecule has 0 bridgehead atoms. The van der Waals surface area contributed by atoms with Crippen molar-refractivity contribution in [3.63, 3.8) is 0 Å². The van der Waals surface area contributed by atoms with Crippen LogP contribution in [0.4, 0.5) is 5.69 Å². The average Bonchev–Trinajstić information content (AvgIpc) is 2.93. The van der Waals surface area contributed by atoms with E-state index in [-0.39, 0.29) is 5.91 Å². The van der Waals surface area contributed by atoms with E-state index in [0.29, 0.717) is 24.2 Å². The first-order chi connectivity index (χ1) is 10.2. The quantitative estimate of drug-likeness (QED) is 0.885. The fraction of sp³-hybridized carbons (Fsp3) is 0.312. The molecule has 108 valence electrons. The fourth-order valence-electron chi connectivity index (χ4n) is 2.11. The number of nitrogens with zero attached hydrogens (tertiary/aromatic N) is 3. The molecule has 0 fully saturated rings. The molecule has 1 N–H and O–H groups in total. The molecule has 0 aliphatic heterocycles. The number of imidazole rings is 1. The number of aryl methyl sites for hydroxylation is 2. The molecule has 0 aliphatic rings. The Bertz CT molecular complexity index is 654. The van der Waals surface area contributed by atoms with Crippen molar-refractivity contribution in [1.82, 2.24) is 9.55 Å². The summed E-state index contributed by atoms with van der Waals surface area (Å²) in [7, 11) is 0. The summed E-state index contributed by atoms with van der Waals surface area (Å²) >= 11 is 0. The number of amides is 1. The summed E-state index contributed by atoms with van der Waals surface area (Å²) in [6.07, 6.45) is 5.99. The Labute approximate surface area is 124 Å². The summed E-state index contributed by atoms with van der Waals surface area (Å²) in [6, 6.07) is 8.95. The smallest absolute Gasteiger partial charge is 0.226 e. The van der Waals surface area contributed by atoms with Gasteiger partial charge in [-0.25, -0.2) is 4.98 Å². The minimum absolute atomic E-state index is 0.0683. The number of aromatic nitrogens is 2. The summed E-state index contributed by atoms with van der Waals surface area (Å²) in [4.78, 5) is 16.2. The molecule has 5 nitrogen and oxygen atoms in total. The monoisotopic (exact) mass is 282 g/mol. The Balaban J connectivity index is 1.90. The SMILES string of the molecule is CCCc1nccn1CCC(=O)Nc1cccc(C#N)c1. The number of carbonyl (C=O) groups excluding carboxylic acids is 1. The van der Waals surface area contributed by atoms with E-state index < -0.39 is 0 Å². The predicted molar refractivity (Wildman–Crippen MR) is 80.6 cm³/mol. The molecular formula is C16H18N4O. The lowest BCUT2D eigenvalue weighted by Gasteiger charge is -2.08. The highest BCUT2D eigenvalue weighted by Crippen LogP contribution is 2.10. The van der Waals surface area contributed by atoms with Gasteiger partial charge in [0.25, 0.3) is 0 Å². The number of rotatable bonds is 6. The van der Waals surface area contributed by atoms with Crippen LogP contribution in [-0.2, 0) is 17.8 Å². The Morgan fingerprint density at radius 3 is 3.10 bits per heavy atom. The molecule has 0 radical (unpaired) electrons. The number of hydrogen-bond donors (Lipinski definition) is 1. The van der Waals surface area contributed by atoms with Gasteiger partial charge in [-0.05, 0) is 24.6 Å². The normalized spacial score (nSPS) is 10.1. The molecule has 0 aliphatic carbocycles. The van der Waals surface area contributed by atoms with Gasteiger partial charge in [0.05, 0.1) is 11.6 Å². The Morgan fingerprint density at radius 2 is 2.33 bits per heavy atom. The molecule has 2 aromatic rings. The lowest BCUT2D eigenvalue weighted by Crippen LogP contribution is -2.15. The third-order valence-corrected chi connectivity index (χ3v) is 3.13. The molecule has 0 saturated carbocycles. The van der Waals surface area contributed by atoms with E-state index in [0.717, 1.165) is 18.7 Å². The number of nitriles is 1. The van der Waals surface area contributed by atoms with Gasteiger partial charge in [-0.15, -0.1) is 0 Å². The third-order valence-electron chi connectivity index (χ3n) is 3.13. The highest BCUT2D eigenvalue weighted by Gasteiger charge is 2.06. The van der Waals surface area contributed by atoms with Gasteiger partial charge in [-0.1, -0.05) is 13.0 Å². The minimum atomic E-state index is -0.0683. The van der Waals surface area contributed by atoms with Crippen LogP contribution < -0.4 is 5.32 Å². The first kappa shape index (κ1) is 14.8. The molecule has 1 aromatic heterocycles. The van der Waals surface area contributed by atoms with E-state index in [9.17, 15) is 4.79 Å². The number of nitrogens with one attached hydrogen (secondary N) is 1. The fourth-order valence-corrected chi connectivity index (χ4v) is 2.11. The third kappa shape index (κ3) is 4.18. The van der Waals surface area contributed by atoms with Gasteiger partial charge in [0.1, 0.15) is 5.82 Å². The number of anilines is 1. The van der Waals surface area contributed by atoms with Crippen LogP contribution in [0.5, 0.6) is 0 Å². The van der Waals surface area contributed by atoms with E-state index in [4.69, 9.17) is 5.26 Å². The number of benzene rings is 1.